The molecule has 0 fully saturated rings. The number of hydrogen-bond acceptors (Lipinski definition) is 1. The molecule has 0 aromatic carbocycles. The lowest BCUT2D eigenvalue weighted by atomic mass is 10.2. The van der Waals surface area contributed by atoms with Crippen molar-refractivity contribution in [3.8, 4) is 0 Å². The van der Waals surface area contributed by atoms with Gasteiger partial charge in [0.1, 0.15) is 4.33 Å². The van der Waals surface area contributed by atoms with E-state index in [9.17, 15) is 4.79 Å². The van der Waals surface area contributed by atoms with Crippen molar-refractivity contribution in [2.24, 2.45) is 0 Å². The van der Waals surface area contributed by atoms with Gasteiger partial charge in [-0.15, -0.1) is 11.6 Å². The second kappa shape index (κ2) is 3.65. The first-order valence-corrected chi connectivity index (χ1v) is 3.85. The lowest BCUT2D eigenvalue weighted by Gasteiger charge is -2.19. The zero-order valence-electron chi connectivity index (χ0n) is 5.27. The van der Waals surface area contributed by atoms with Gasteiger partial charge in [-0.1, -0.05) is 30.1 Å². The Morgan fingerprint density at radius 1 is 1.70 bits per heavy atom. The highest BCUT2D eigenvalue weighted by Crippen LogP contribution is 2.32. The summed E-state index contributed by atoms with van der Waals surface area (Å²) in [5, 5.41) is 7.10. The Balaban J connectivity index is 4.17. The van der Waals surface area contributed by atoms with Crippen LogP contribution in [0.25, 0.3) is 0 Å². The van der Waals surface area contributed by atoms with E-state index >= 15 is 0 Å². The van der Waals surface area contributed by atoms with Gasteiger partial charge in [-0.3, -0.25) is 4.79 Å². The highest BCUT2D eigenvalue weighted by atomic mass is 35.5. The van der Waals surface area contributed by atoms with Crippen LogP contribution in [-0.4, -0.2) is 20.8 Å². The summed E-state index contributed by atoms with van der Waals surface area (Å²) in [6.45, 7) is 1.66. The molecular formula is C5H7Cl3O2. The van der Waals surface area contributed by atoms with Crippen LogP contribution < -0.4 is 0 Å². The van der Waals surface area contributed by atoms with Crippen molar-refractivity contribution in [1.82, 2.24) is 0 Å². The molecule has 1 unspecified atom stereocenters. The summed E-state index contributed by atoms with van der Waals surface area (Å²) in [7, 11) is 0. The van der Waals surface area contributed by atoms with Gasteiger partial charge in [-0.05, 0) is 6.42 Å². The molecule has 0 rings (SSSR count). The highest BCUT2D eigenvalue weighted by Gasteiger charge is 2.36. The van der Waals surface area contributed by atoms with E-state index in [2.05, 4.69) is 0 Å². The van der Waals surface area contributed by atoms with Gasteiger partial charge in [0.2, 0.25) is 0 Å². The molecular weight excluding hydrogens is 198 g/mol. The van der Waals surface area contributed by atoms with Crippen molar-refractivity contribution in [3.63, 3.8) is 0 Å². The largest absolute Gasteiger partial charge is 0.480 e. The molecule has 0 heterocycles. The minimum Gasteiger partial charge on any atom is -0.480 e. The third kappa shape index (κ3) is 2.52. The maximum atomic E-state index is 10.2. The summed E-state index contributed by atoms with van der Waals surface area (Å²) in [4.78, 5) is 10.2. The predicted octanol–water partition coefficient (Wildman–Crippen LogP) is 2.26. The molecule has 0 aliphatic carbocycles. The van der Waals surface area contributed by atoms with Crippen LogP contribution in [0.4, 0.5) is 0 Å². The third-order valence-corrected chi connectivity index (χ3v) is 2.81. The molecule has 0 aliphatic rings. The van der Waals surface area contributed by atoms with Crippen molar-refractivity contribution in [2.45, 2.75) is 23.1 Å². The number of halogens is 3. The highest BCUT2D eigenvalue weighted by molar-refractivity contribution is 6.54. The fourth-order valence-electron chi connectivity index (χ4n) is 0.360. The molecule has 60 valence electrons. The standard InChI is InChI=1S/C5H7Cl3O2/c1-2-5(7,8)3(6)4(9)10/h3H,2H2,1H3,(H,9,10). The zero-order valence-corrected chi connectivity index (χ0v) is 7.54. The Kier molecular flexibility index (Phi) is 3.77. The van der Waals surface area contributed by atoms with E-state index in [1.54, 1.807) is 6.92 Å². The molecule has 5 heteroatoms. The molecule has 0 radical (unpaired) electrons. The smallest absolute Gasteiger partial charge is 0.324 e. The van der Waals surface area contributed by atoms with E-state index in [1.165, 1.54) is 0 Å². The summed E-state index contributed by atoms with van der Waals surface area (Å²) in [6.07, 6.45) is 0.302. The summed E-state index contributed by atoms with van der Waals surface area (Å²) < 4.78 is -1.37. The van der Waals surface area contributed by atoms with Crippen molar-refractivity contribution < 1.29 is 9.90 Å². The topological polar surface area (TPSA) is 37.3 Å². The van der Waals surface area contributed by atoms with Crippen LogP contribution in [0.15, 0.2) is 0 Å². The van der Waals surface area contributed by atoms with Crippen LogP contribution >= 0.6 is 34.8 Å². The van der Waals surface area contributed by atoms with Gasteiger partial charge >= 0.3 is 5.97 Å². The molecule has 1 N–H and O–H groups in total. The average molecular weight is 205 g/mol. The van der Waals surface area contributed by atoms with Crippen molar-refractivity contribution in [3.05, 3.63) is 0 Å². The number of alkyl halides is 3. The first-order chi connectivity index (χ1) is 4.41. The maximum absolute atomic E-state index is 10.2. The zero-order chi connectivity index (χ0) is 8.36. The van der Waals surface area contributed by atoms with E-state index in [0.717, 1.165) is 0 Å². The first kappa shape index (κ1) is 10.3. The molecule has 10 heavy (non-hydrogen) atoms. The minimum atomic E-state index is -1.37. The van der Waals surface area contributed by atoms with Crippen molar-refractivity contribution >= 4 is 40.8 Å². The Labute approximate surface area is 74.1 Å². The molecule has 0 aliphatic heterocycles. The molecule has 1 atom stereocenters. The van der Waals surface area contributed by atoms with Crippen molar-refractivity contribution in [2.75, 3.05) is 0 Å². The molecule has 0 saturated heterocycles. The number of carbonyl (C=O) groups is 1. The Bertz CT molecular complexity index is 135. The van der Waals surface area contributed by atoms with Gasteiger partial charge in [0.05, 0.1) is 0 Å². The SMILES string of the molecule is CCC(Cl)(Cl)C(Cl)C(=O)O. The summed E-state index contributed by atoms with van der Waals surface area (Å²) in [5.41, 5.74) is 0. The quantitative estimate of drug-likeness (QED) is 0.718. The first-order valence-electron chi connectivity index (χ1n) is 2.66. The Morgan fingerprint density at radius 3 is 2.20 bits per heavy atom. The Morgan fingerprint density at radius 2 is 2.10 bits per heavy atom. The number of rotatable bonds is 3. The summed E-state index contributed by atoms with van der Waals surface area (Å²) in [5.74, 6) is -1.20. The number of hydrogen-bond donors (Lipinski definition) is 1. The van der Waals surface area contributed by atoms with Crippen LogP contribution in [0.1, 0.15) is 13.3 Å². The third-order valence-electron chi connectivity index (χ3n) is 1.06. The van der Waals surface area contributed by atoms with E-state index in [0.29, 0.717) is 6.42 Å². The van der Waals surface area contributed by atoms with Gasteiger partial charge in [0.15, 0.2) is 5.38 Å². The fraction of sp³-hybridized carbons (Fsp3) is 0.800. The van der Waals surface area contributed by atoms with E-state index in [4.69, 9.17) is 39.9 Å². The maximum Gasteiger partial charge on any atom is 0.324 e. The number of carboxylic acids is 1. The molecule has 0 saturated carbocycles. The second-order valence-corrected chi connectivity index (χ2v) is 3.79. The molecule has 0 amide bonds. The number of carboxylic acid groups (broad SMARTS) is 1. The second-order valence-electron chi connectivity index (χ2n) is 1.82. The average Bonchev–Trinajstić information content (AvgIpc) is 1.86. The normalized spacial score (nSPS) is 14.8. The molecule has 2 nitrogen and oxygen atoms in total. The van der Waals surface area contributed by atoms with Crippen LogP contribution in [0.3, 0.4) is 0 Å². The van der Waals surface area contributed by atoms with E-state index < -0.39 is 15.7 Å². The van der Waals surface area contributed by atoms with E-state index in [1.807, 2.05) is 0 Å². The van der Waals surface area contributed by atoms with Crippen molar-refractivity contribution in [1.29, 1.82) is 0 Å². The number of aliphatic carboxylic acids is 1. The monoisotopic (exact) mass is 204 g/mol. The Hall–Kier alpha value is 0.340. The fourth-order valence-corrected chi connectivity index (χ4v) is 0.701. The van der Waals surface area contributed by atoms with Gasteiger partial charge in [-0.2, -0.15) is 0 Å². The molecule has 0 aromatic heterocycles. The van der Waals surface area contributed by atoms with Crippen LogP contribution in [-0.2, 0) is 4.79 Å². The predicted molar refractivity (Wildman–Crippen MR) is 42.0 cm³/mol. The van der Waals surface area contributed by atoms with Gasteiger partial charge in [0.25, 0.3) is 0 Å². The van der Waals surface area contributed by atoms with Gasteiger partial charge < -0.3 is 5.11 Å². The molecule has 0 bridgehead atoms. The van der Waals surface area contributed by atoms with Gasteiger partial charge in [0, 0.05) is 0 Å². The van der Waals surface area contributed by atoms with Crippen LogP contribution in [0.5, 0.6) is 0 Å². The summed E-state index contributed by atoms with van der Waals surface area (Å²) >= 11 is 16.4. The lowest BCUT2D eigenvalue weighted by Crippen LogP contribution is -2.32. The molecule has 0 spiro atoms. The van der Waals surface area contributed by atoms with Crippen LogP contribution in [0, 0.1) is 0 Å². The van der Waals surface area contributed by atoms with E-state index in [-0.39, 0.29) is 0 Å². The van der Waals surface area contributed by atoms with Gasteiger partial charge in [-0.25, -0.2) is 0 Å². The lowest BCUT2D eigenvalue weighted by molar-refractivity contribution is -0.136. The summed E-state index contributed by atoms with van der Waals surface area (Å²) in [6, 6.07) is 0. The molecule has 0 aromatic rings. The van der Waals surface area contributed by atoms with Crippen LogP contribution in [0.2, 0.25) is 0 Å². The minimum absolute atomic E-state index is 0.302.